The Morgan fingerprint density at radius 1 is 1.24 bits per heavy atom. The van der Waals surface area contributed by atoms with Crippen molar-refractivity contribution in [2.45, 2.75) is 26.0 Å². The maximum absolute atomic E-state index is 12.6. The maximum atomic E-state index is 12.6. The number of pyridine rings is 1. The molecule has 2 atom stereocenters. The van der Waals surface area contributed by atoms with E-state index < -0.39 is 12.1 Å². The summed E-state index contributed by atoms with van der Waals surface area (Å²) in [5, 5.41) is 13.3. The molecule has 3 aromatic rings. The third kappa shape index (κ3) is 3.49. The molecule has 6 heteroatoms. The topological polar surface area (TPSA) is 75.9 Å². The van der Waals surface area contributed by atoms with Crippen LogP contribution in [0.3, 0.4) is 0 Å². The van der Waals surface area contributed by atoms with E-state index in [1.54, 1.807) is 42.7 Å². The van der Waals surface area contributed by atoms with Crippen LogP contribution in [0.5, 0.6) is 5.75 Å². The van der Waals surface area contributed by atoms with Gasteiger partial charge in [-0.3, -0.25) is 9.20 Å². The Hall–Kier alpha value is -2.86. The molecule has 0 aliphatic heterocycles. The van der Waals surface area contributed by atoms with Gasteiger partial charge in [-0.05, 0) is 43.2 Å². The molecule has 0 bridgehead atoms. The number of hydrogen-bond acceptors (Lipinski definition) is 4. The maximum Gasteiger partial charge on any atom is 0.270 e. The first-order valence-electron chi connectivity index (χ1n) is 8.06. The van der Waals surface area contributed by atoms with E-state index in [-0.39, 0.29) is 5.91 Å². The number of carbonyl (C=O) groups excluding carboxylic acids is 1. The number of fused-ring (bicyclic) bond motifs is 1. The summed E-state index contributed by atoms with van der Waals surface area (Å²) >= 11 is 0. The van der Waals surface area contributed by atoms with Gasteiger partial charge in [0.25, 0.3) is 5.91 Å². The quantitative estimate of drug-likeness (QED) is 0.749. The van der Waals surface area contributed by atoms with Gasteiger partial charge >= 0.3 is 0 Å². The van der Waals surface area contributed by atoms with Gasteiger partial charge < -0.3 is 15.2 Å². The zero-order valence-electron chi connectivity index (χ0n) is 14.4. The van der Waals surface area contributed by atoms with Gasteiger partial charge in [0.2, 0.25) is 0 Å². The fourth-order valence-electron chi connectivity index (χ4n) is 2.70. The number of aliphatic hydroxyl groups is 1. The Morgan fingerprint density at radius 3 is 2.64 bits per heavy atom. The van der Waals surface area contributed by atoms with Crippen molar-refractivity contribution in [2.24, 2.45) is 0 Å². The number of aryl methyl sites for hydroxylation is 1. The summed E-state index contributed by atoms with van der Waals surface area (Å²) in [7, 11) is 1.59. The minimum atomic E-state index is -0.823. The van der Waals surface area contributed by atoms with Crippen LogP contribution in [-0.4, -0.2) is 33.6 Å². The standard InChI is InChI=1S/C19H21N3O3/c1-12-4-9-17-20-10-16(22(17)11-12)19(24)21-13(2)18(23)14-5-7-15(25-3)8-6-14/h4-11,13,18,23H,1-3H3,(H,21,24). The van der Waals surface area contributed by atoms with Gasteiger partial charge in [0.05, 0.1) is 25.5 Å². The summed E-state index contributed by atoms with van der Waals surface area (Å²) in [5.41, 5.74) is 2.89. The van der Waals surface area contributed by atoms with E-state index in [2.05, 4.69) is 10.3 Å². The monoisotopic (exact) mass is 339 g/mol. The summed E-state index contributed by atoms with van der Waals surface area (Å²) in [4.78, 5) is 16.8. The third-order valence-corrected chi connectivity index (χ3v) is 4.18. The zero-order valence-corrected chi connectivity index (χ0v) is 14.4. The van der Waals surface area contributed by atoms with E-state index in [0.717, 1.165) is 5.56 Å². The molecule has 0 spiro atoms. The third-order valence-electron chi connectivity index (χ3n) is 4.18. The number of benzene rings is 1. The molecule has 1 aromatic carbocycles. The van der Waals surface area contributed by atoms with E-state index in [1.807, 2.05) is 25.3 Å². The summed E-state index contributed by atoms with van der Waals surface area (Å²) in [6.45, 7) is 3.72. The fraction of sp³-hybridized carbons (Fsp3) is 0.263. The van der Waals surface area contributed by atoms with Crippen molar-refractivity contribution in [3.63, 3.8) is 0 Å². The van der Waals surface area contributed by atoms with Crippen LogP contribution in [0.25, 0.3) is 5.65 Å². The van der Waals surface area contributed by atoms with Crippen molar-refractivity contribution >= 4 is 11.6 Å². The fourth-order valence-corrected chi connectivity index (χ4v) is 2.70. The highest BCUT2D eigenvalue weighted by molar-refractivity contribution is 5.93. The first kappa shape index (κ1) is 17.0. The molecule has 0 radical (unpaired) electrons. The molecule has 1 amide bonds. The summed E-state index contributed by atoms with van der Waals surface area (Å²) in [6, 6.07) is 10.5. The minimum Gasteiger partial charge on any atom is -0.497 e. The van der Waals surface area contributed by atoms with Crippen molar-refractivity contribution in [2.75, 3.05) is 7.11 Å². The van der Waals surface area contributed by atoms with Crippen molar-refractivity contribution in [3.8, 4) is 5.75 Å². The molecule has 3 rings (SSSR count). The van der Waals surface area contributed by atoms with E-state index in [0.29, 0.717) is 22.7 Å². The van der Waals surface area contributed by atoms with E-state index in [9.17, 15) is 9.90 Å². The molecule has 0 saturated heterocycles. The molecule has 2 N–H and O–H groups in total. The predicted molar refractivity (Wildman–Crippen MR) is 94.8 cm³/mol. The minimum absolute atomic E-state index is 0.279. The molecule has 0 saturated carbocycles. The molecule has 2 heterocycles. The molecule has 2 aromatic heterocycles. The number of aromatic nitrogens is 2. The number of amides is 1. The molecule has 0 aliphatic rings. The first-order chi connectivity index (χ1) is 12.0. The number of methoxy groups -OCH3 is 1. The van der Waals surface area contributed by atoms with Crippen LogP contribution < -0.4 is 10.1 Å². The second-order valence-electron chi connectivity index (χ2n) is 6.06. The largest absolute Gasteiger partial charge is 0.497 e. The highest BCUT2D eigenvalue weighted by atomic mass is 16.5. The molecule has 25 heavy (non-hydrogen) atoms. The van der Waals surface area contributed by atoms with Crippen LogP contribution in [-0.2, 0) is 0 Å². The van der Waals surface area contributed by atoms with Gasteiger partial charge in [0.15, 0.2) is 0 Å². The number of carbonyl (C=O) groups is 1. The SMILES string of the molecule is COc1ccc(C(O)C(C)NC(=O)c2cnc3ccc(C)cn23)cc1. The number of nitrogens with zero attached hydrogens (tertiary/aromatic N) is 2. The second kappa shape index (κ2) is 6.94. The highest BCUT2D eigenvalue weighted by Gasteiger charge is 2.21. The average Bonchev–Trinajstić information content (AvgIpc) is 3.04. The molecular weight excluding hydrogens is 318 g/mol. The average molecular weight is 339 g/mol. The van der Waals surface area contributed by atoms with Crippen LogP contribution >= 0.6 is 0 Å². The van der Waals surface area contributed by atoms with Gasteiger partial charge in [-0.1, -0.05) is 18.2 Å². The van der Waals surface area contributed by atoms with Crippen LogP contribution in [0.1, 0.15) is 34.6 Å². The highest BCUT2D eigenvalue weighted by Crippen LogP contribution is 2.20. The Kier molecular flexibility index (Phi) is 4.72. The van der Waals surface area contributed by atoms with Crippen LogP contribution in [0, 0.1) is 6.92 Å². The number of aliphatic hydroxyl groups excluding tert-OH is 1. The lowest BCUT2D eigenvalue weighted by Crippen LogP contribution is -2.37. The predicted octanol–water partition coefficient (Wildman–Crippen LogP) is 2.50. The Labute approximate surface area is 146 Å². The smallest absolute Gasteiger partial charge is 0.270 e. The summed E-state index contributed by atoms with van der Waals surface area (Å²) in [6.07, 6.45) is 2.58. The van der Waals surface area contributed by atoms with Crippen LogP contribution in [0.4, 0.5) is 0 Å². The van der Waals surface area contributed by atoms with Gasteiger partial charge in [0, 0.05) is 6.20 Å². The molecule has 130 valence electrons. The second-order valence-corrected chi connectivity index (χ2v) is 6.06. The molecule has 0 aliphatic carbocycles. The van der Waals surface area contributed by atoms with E-state index in [1.165, 1.54) is 6.20 Å². The van der Waals surface area contributed by atoms with Gasteiger partial charge in [-0.25, -0.2) is 4.98 Å². The van der Waals surface area contributed by atoms with Gasteiger partial charge in [-0.2, -0.15) is 0 Å². The number of imidazole rings is 1. The summed E-state index contributed by atoms with van der Waals surface area (Å²) in [5.74, 6) is 0.437. The number of nitrogens with one attached hydrogen (secondary N) is 1. The van der Waals surface area contributed by atoms with Gasteiger partial charge in [-0.15, -0.1) is 0 Å². The molecular formula is C19H21N3O3. The van der Waals surface area contributed by atoms with Crippen LogP contribution in [0.15, 0.2) is 48.8 Å². The van der Waals surface area contributed by atoms with Crippen molar-refractivity contribution in [3.05, 3.63) is 65.6 Å². The first-order valence-corrected chi connectivity index (χ1v) is 8.06. The lowest BCUT2D eigenvalue weighted by molar-refractivity contribution is 0.0846. The van der Waals surface area contributed by atoms with Crippen LogP contribution in [0.2, 0.25) is 0 Å². The molecule has 2 unspecified atom stereocenters. The normalized spacial score (nSPS) is 13.4. The molecule has 6 nitrogen and oxygen atoms in total. The summed E-state index contributed by atoms with van der Waals surface area (Å²) < 4.78 is 6.86. The Balaban J connectivity index is 1.75. The van der Waals surface area contributed by atoms with Crippen molar-refractivity contribution in [1.82, 2.24) is 14.7 Å². The zero-order chi connectivity index (χ0) is 18.0. The molecule has 0 fully saturated rings. The lowest BCUT2D eigenvalue weighted by Gasteiger charge is -2.20. The Morgan fingerprint density at radius 2 is 1.96 bits per heavy atom. The lowest BCUT2D eigenvalue weighted by atomic mass is 10.0. The van der Waals surface area contributed by atoms with Gasteiger partial charge in [0.1, 0.15) is 17.1 Å². The van der Waals surface area contributed by atoms with Crippen molar-refractivity contribution in [1.29, 1.82) is 0 Å². The number of rotatable bonds is 5. The Bertz CT molecular complexity index is 887. The number of ether oxygens (including phenoxy) is 1. The number of hydrogen-bond donors (Lipinski definition) is 2. The van der Waals surface area contributed by atoms with E-state index in [4.69, 9.17) is 4.74 Å². The van der Waals surface area contributed by atoms with E-state index >= 15 is 0 Å². The van der Waals surface area contributed by atoms with Crippen molar-refractivity contribution < 1.29 is 14.6 Å².